The van der Waals surface area contributed by atoms with Crippen LogP contribution >= 0.6 is 0 Å². The van der Waals surface area contributed by atoms with E-state index in [0.717, 1.165) is 6.42 Å². The molecule has 2 atom stereocenters. The Morgan fingerprint density at radius 2 is 1.82 bits per heavy atom. The zero-order valence-corrected chi connectivity index (χ0v) is 11.7. The molecule has 1 aromatic rings. The van der Waals surface area contributed by atoms with E-state index in [4.69, 9.17) is 10.5 Å². The summed E-state index contributed by atoms with van der Waals surface area (Å²) in [5.74, 6) is 0. The molecule has 1 aromatic carbocycles. The second kappa shape index (κ2) is 5.65. The highest BCUT2D eigenvalue weighted by Gasteiger charge is 2.26. The summed E-state index contributed by atoms with van der Waals surface area (Å²) in [6, 6.07) is 8.35. The molecule has 0 aliphatic rings. The highest BCUT2D eigenvalue weighted by molar-refractivity contribution is 5.29. The lowest BCUT2D eigenvalue weighted by Crippen LogP contribution is -2.35. The van der Waals surface area contributed by atoms with Crippen molar-refractivity contribution in [2.24, 2.45) is 5.73 Å². The van der Waals surface area contributed by atoms with E-state index in [0.29, 0.717) is 0 Å². The Bertz CT molecular complexity index is 354. The van der Waals surface area contributed by atoms with Crippen molar-refractivity contribution in [3.05, 3.63) is 35.4 Å². The van der Waals surface area contributed by atoms with Gasteiger partial charge in [0.1, 0.15) is 0 Å². The minimum Gasteiger partial charge on any atom is -0.366 e. The quantitative estimate of drug-likeness (QED) is 0.865. The van der Waals surface area contributed by atoms with Gasteiger partial charge in [-0.3, -0.25) is 0 Å². The molecule has 0 saturated heterocycles. The lowest BCUT2D eigenvalue weighted by molar-refractivity contribution is -0.0730. The van der Waals surface area contributed by atoms with Gasteiger partial charge < -0.3 is 10.5 Å². The molecule has 2 unspecified atom stereocenters. The van der Waals surface area contributed by atoms with E-state index < -0.39 is 0 Å². The maximum Gasteiger partial charge on any atom is 0.0985 e. The van der Waals surface area contributed by atoms with Gasteiger partial charge in [-0.25, -0.2) is 0 Å². The molecule has 0 aromatic heterocycles. The number of benzene rings is 1. The summed E-state index contributed by atoms with van der Waals surface area (Å²) in [6.45, 7) is 10.4. The Balaban J connectivity index is 3.03. The molecule has 0 bridgehead atoms. The molecule has 96 valence electrons. The average molecular weight is 235 g/mol. The van der Waals surface area contributed by atoms with Gasteiger partial charge in [-0.1, -0.05) is 31.2 Å². The van der Waals surface area contributed by atoms with Crippen molar-refractivity contribution in [1.29, 1.82) is 0 Å². The predicted molar refractivity (Wildman–Crippen MR) is 73.0 cm³/mol. The molecular formula is C15H25NO. The molecule has 0 saturated carbocycles. The Labute approximate surface area is 105 Å². The summed E-state index contributed by atoms with van der Waals surface area (Å²) in [7, 11) is 0. The van der Waals surface area contributed by atoms with Crippen LogP contribution in [0.25, 0.3) is 0 Å². The van der Waals surface area contributed by atoms with Crippen LogP contribution < -0.4 is 5.73 Å². The highest BCUT2D eigenvalue weighted by atomic mass is 16.5. The van der Waals surface area contributed by atoms with Crippen LogP contribution in [0, 0.1) is 6.92 Å². The normalized spacial score (nSPS) is 15.6. The first-order chi connectivity index (χ1) is 7.85. The van der Waals surface area contributed by atoms with Crippen molar-refractivity contribution in [2.75, 3.05) is 0 Å². The van der Waals surface area contributed by atoms with Gasteiger partial charge in [-0.05, 0) is 45.2 Å². The van der Waals surface area contributed by atoms with Crippen LogP contribution in [0.3, 0.4) is 0 Å². The minimum atomic E-state index is -0.181. The fourth-order valence-corrected chi connectivity index (χ4v) is 1.88. The first kappa shape index (κ1) is 14.2. The monoisotopic (exact) mass is 235 g/mol. The Hall–Kier alpha value is -0.860. The van der Waals surface area contributed by atoms with Gasteiger partial charge in [-0.2, -0.15) is 0 Å². The van der Waals surface area contributed by atoms with Crippen molar-refractivity contribution >= 4 is 0 Å². The minimum absolute atomic E-state index is 0.0267. The van der Waals surface area contributed by atoms with E-state index >= 15 is 0 Å². The fraction of sp³-hybridized carbons (Fsp3) is 0.600. The van der Waals surface area contributed by atoms with Gasteiger partial charge in [-0.15, -0.1) is 0 Å². The standard InChI is InChI=1S/C15H25NO/c1-6-13(16)14(17-15(3,4)5)12-10-8-7-9-11(12)2/h7-10,13-14H,6,16H2,1-5H3. The van der Waals surface area contributed by atoms with Gasteiger partial charge >= 0.3 is 0 Å². The van der Waals surface area contributed by atoms with Crippen LogP contribution in [0.4, 0.5) is 0 Å². The molecule has 0 radical (unpaired) electrons. The third kappa shape index (κ3) is 4.14. The van der Waals surface area contributed by atoms with E-state index in [-0.39, 0.29) is 17.7 Å². The molecule has 2 heteroatoms. The smallest absolute Gasteiger partial charge is 0.0985 e. The fourth-order valence-electron chi connectivity index (χ4n) is 1.88. The second-order valence-corrected chi connectivity index (χ2v) is 5.58. The number of ether oxygens (including phenoxy) is 1. The van der Waals surface area contributed by atoms with E-state index in [9.17, 15) is 0 Å². The van der Waals surface area contributed by atoms with E-state index in [2.05, 4.69) is 46.8 Å². The van der Waals surface area contributed by atoms with Crippen molar-refractivity contribution in [3.8, 4) is 0 Å². The van der Waals surface area contributed by atoms with Crippen molar-refractivity contribution < 1.29 is 4.74 Å². The summed E-state index contributed by atoms with van der Waals surface area (Å²) in [5.41, 5.74) is 8.47. The molecule has 0 heterocycles. The van der Waals surface area contributed by atoms with Crippen molar-refractivity contribution in [3.63, 3.8) is 0 Å². The van der Waals surface area contributed by atoms with Gasteiger partial charge in [0.25, 0.3) is 0 Å². The maximum atomic E-state index is 6.20. The van der Waals surface area contributed by atoms with E-state index in [1.54, 1.807) is 0 Å². The zero-order valence-electron chi connectivity index (χ0n) is 11.7. The molecule has 0 aliphatic carbocycles. The SMILES string of the molecule is CCC(N)C(OC(C)(C)C)c1ccccc1C. The van der Waals surface area contributed by atoms with E-state index in [1.165, 1.54) is 11.1 Å². The van der Waals surface area contributed by atoms with Gasteiger partial charge in [0, 0.05) is 6.04 Å². The number of aryl methyl sites for hydroxylation is 1. The molecule has 17 heavy (non-hydrogen) atoms. The summed E-state index contributed by atoms with van der Waals surface area (Å²) in [5, 5.41) is 0. The summed E-state index contributed by atoms with van der Waals surface area (Å²) < 4.78 is 6.13. The lowest BCUT2D eigenvalue weighted by atomic mass is 9.96. The second-order valence-electron chi connectivity index (χ2n) is 5.58. The van der Waals surface area contributed by atoms with Gasteiger partial charge in [0.05, 0.1) is 11.7 Å². The number of hydrogen-bond donors (Lipinski definition) is 1. The third-order valence-electron chi connectivity index (χ3n) is 2.84. The summed E-state index contributed by atoms with van der Waals surface area (Å²) in [4.78, 5) is 0. The van der Waals surface area contributed by atoms with Crippen LogP contribution in [0.5, 0.6) is 0 Å². The average Bonchev–Trinajstić information content (AvgIpc) is 2.25. The third-order valence-corrected chi connectivity index (χ3v) is 2.84. The van der Waals surface area contributed by atoms with Crippen LogP contribution in [-0.4, -0.2) is 11.6 Å². The largest absolute Gasteiger partial charge is 0.366 e. The lowest BCUT2D eigenvalue weighted by Gasteiger charge is -2.32. The predicted octanol–water partition coefficient (Wildman–Crippen LogP) is 3.59. The van der Waals surface area contributed by atoms with Crippen molar-refractivity contribution in [2.45, 2.75) is 58.8 Å². The molecule has 0 aliphatic heterocycles. The molecule has 0 amide bonds. The summed E-state index contributed by atoms with van der Waals surface area (Å²) >= 11 is 0. The topological polar surface area (TPSA) is 35.2 Å². The molecule has 0 fully saturated rings. The van der Waals surface area contributed by atoms with E-state index in [1.807, 2.05) is 12.1 Å². The summed E-state index contributed by atoms with van der Waals surface area (Å²) in [6.07, 6.45) is 0.885. The molecule has 0 spiro atoms. The Morgan fingerprint density at radius 1 is 1.24 bits per heavy atom. The number of rotatable bonds is 4. The van der Waals surface area contributed by atoms with Gasteiger partial charge in [0.2, 0.25) is 0 Å². The van der Waals surface area contributed by atoms with Gasteiger partial charge in [0.15, 0.2) is 0 Å². The Kier molecular flexibility index (Phi) is 4.72. The van der Waals surface area contributed by atoms with Crippen LogP contribution in [-0.2, 0) is 4.74 Å². The maximum absolute atomic E-state index is 6.20. The van der Waals surface area contributed by atoms with Crippen LogP contribution in [0.15, 0.2) is 24.3 Å². The number of nitrogens with two attached hydrogens (primary N) is 1. The molecular weight excluding hydrogens is 210 g/mol. The molecule has 2 N–H and O–H groups in total. The van der Waals surface area contributed by atoms with Crippen molar-refractivity contribution in [1.82, 2.24) is 0 Å². The Morgan fingerprint density at radius 3 is 2.29 bits per heavy atom. The number of hydrogen-bond acceptors (Lipinski definition) is 2. The first-order valence-corrected chi connectivity index (χ1v) is 6.34. The highest BCUT2D eigenvalue weighted by Crippen LogP contribution is 2.29. The van der Waals surface area contributed by atoms with Crippen LogP contribution in [0.1, 0.15) is 51.3 Å². The van der Waals surface area contributed by atoms with Crippen LogP contribution in [0.2, 0.25) is 0 Å². The molecule has 2 nitrogen and oxygen atoms in total. The zero-order chi connectivity index (χ0) is 13.1. The molecule has 1 rings (SSSR count). The first-order valence-electron chi connectivity index (χ1n) is 6.34.